The predicted octanol–water partition coefficient (Wildman–Crippen LogP) is 4.77. The summed E-state index contributed by atoms with van der Waals surface area (Å²) < 4.78 is 22.4. The highest BCUT2D eigenvalue weighted by Gasteiger charge is 2.62. The first-order valence-electron chi connectivity index (χ1n) is 11.6. The summed E-state index contributed by atoms with van der Waals surface area (Å²) in [6.45, 7) is 4.69. The van der Waals surface area contributed by atoms with Gasteiger partial charge >= 0.3 is 6.03 Å². The van der Waals surface area contributed by atoms with Crippen LogP contribution in [0, 0.1) is 24.6 Å². The minimum Gasteiger partial charge on any atom is -0.423 e. The number of fused-ring (bicyclic) bond motifs is 2. The lowest BCUT2D eigenvalue weighted by molar-refractivity contribution is -0.110. The molecule has 3 atom stereocenters. The molecule has 2 aromatic heterocycles. The van der Waals surface area contributed by atoms with Crippen molar-refractivity contribution in [3.63, 3.8) is 0 Å². The Labute approximate surface area is 200 Å². The number of aromatic nitrogens is 5. The topological polar surface area (TPSA) is 102 Å². The van der Waals surface area contributed by atoms with E-state index < -0.39 is 17.4 Å². The van der Waals surface area contributed by atoms with Gasteiger partial charge in [0.1, 0.15) is 17.7 Å². The number of rotatable bonds is 5. The highest BCUT2D eigenvalue weighted by Crippen LogP contribution is 2.55. The SMILES string of the molecule is Cc1nnc([C@@]23C[C@@H](C)C[C@@H](C2)N3C(=O)Nc2cc(-c3ncn(CC4CC4)n3)c(Cl)cc2F)o1. The first-order valence-corrected chi connectivity index (χ1v) is 12.0. The van der Waals surface area contributed by atoms with E-state index in [2.05, 4.69) is 32.5 Å². The van der Waals surface area contributed by atoms with E-state index >= 15 is 0 Å². The Morgan fingerprint density at radius 3 is 2.88 bits per heavy atom. The monoisotopic (exact) mass is 485 g/mol. The quantitative estimate of drug-likeness (QED) is 0.558. The Bertz CT molecular complexity index is 1270. The summed E-state index contributed by atoms with van der Waals surface area (Å²) in [6.07, 6.45) is 6.40. The van der Waals surface area contributed by atoms with E-state index in [9.17, 15) is 9.18 Å². The number of hydrogen-bond donors (Lipinski definition) is 1. The molecule has 1 saturated heterocycles. The van der Waals surface area contributed by atoms with Crippen LogP contribution in [0.5, 0.6) is 0 Å². The third-order valence-electron chi connectivity index (χ3n) is 7.12. The summed E-state index contributed by atoms with van der Waals surface area (Å²) >= 11 is 6.32. The first kappa shape index (κ1) is 21.5. The number of carbonyl (C=O) groups is 1. The lowest BCUT2D eigenvalue weighted by Crippen LogP contribution is -2.70. The molecule has 11 heteroatoms. The first-order chi connectivity index (χ1) is 16.3. The number of hydrogen-bond acceptors (Lipinski definition) is 6. The third-order valence-corrected chi connectivity index (χ3v) is 7.43. The molecule has 178 valence electrons. The predicted molar refractivity (Wildman–Crippen MR) is 122 cm³/mol. The highest BCUT2D eigenvalue weighted by molar-refractivity contribution is 6.33. The van der Waals surface area contributed by atoms with Gasteiger partial charge in [-0.15, -0.1) is 10.2 Å². The number of amides is 2. The van der Waals surface area contributed by atoms with Crippen molar-refractivity contribution < 1.29 is 13.6 Å². The molecule has 3 fully saturated rings. The fraction of sp³-hybridized carbons (Fsp3) is 0.522. The Morgan fingerprint density at radius 2 is 2.15 bits per heavy atom. The average Bonchev–Trinajstić information content (AvgIpc) is 3.27. The molecule has 3 aliphatic rings. The average molecular weight is 486 g/mol. The van der Waals surface area contributed by atoms with E-state index in [1.54, 1.807) is 22.8 Å². The van der Waals surface area contributed by atoms with E-state index in [0.717, 1.165) is 25.8 Å². The third kappa shape index (κ3) is 3.55. The molecule has 6 rings (SSSR count). The maximum Gasteiger partial charge on any atom is 0.323 e. The van der Waals surface area contributed by atoms with Crippen LogP contribution in [0.3, 0.4) is 0 Å². The van der Waals surface area contributed by atoms with Gasteiger partial charge in [0.15, 0.2) is 5.82 Å². The van der Waals surface area contributed by atoms with Crippen LogP contribution in [0.2, 0.25) is 5.02 Å². The number of nitrogens with one attached hydrogen (secondary N) is 1. The van der Waals surface area contributed by atoms with E-state index in [1.165, 1.54) is 25.0 Å². The Kier molecular flexibility index (Phi) is 4.91. The zero-order valence-corrected chi connectivity index (χ0v) is 19.7. The van der Waals surface area contributed by atoms with Crippen molar-refractivity contribution in [2.75, 3.05) is 5.32 Å². The lowest BCUT2D eigenvalue weighted by atomic mass is 9.64. The maximum atomic E-state index is 14.8. The lowest BCUT2D eigenvalue weighted by Gasteiger charge is -2.61. The number of halogens is 2. The molecule has 2 saturated carbocycles. The zero-order valence-electron chi connectivity index (χ0n) is 19.0. The van der Waals surface area contributed by atoms with Gasteiger partial charge in [-0.3, -0.25) is 4.68 Å². The molecule has 0 spiro atoms. The second-order valence-corrected chi connectivity index (χ2v) is 10.3. The van der Waals surface area contributed by atoms with Gasteiger partial charge in [-0.2, -0.15) is 5.10 Å². The standard InChI is InChI=1S/C23H25ClFN7O2/c1-12-5-15-9-23(8-12,21-29-28-13(2)34-21)32(15)22(33)27-19-6-16(17(24)7-18(19)25)20-26-11-31(30-20)10-14-3-4-14/h6-7,11-12,14-15H,3-5,8-10H2,1-2H3,(H,27,33)/t12-,15-,23+/m0/s1. The van der Waals surface area contributed by atoms with Gasteiger partial charge < -0.3 is 14.6 Å². The van der Waals surface area contributed by atoms with Gasteiger partial charge in [-0.25, -0.2) is 14.2 Å². The molecular weight excluding hydrogens is 461 g/mol. The number of likely N-dealkylation sites (tertiary alicyclic amines) is 1. The molecule has 9 nitrogen and oxygen atoms in total. The summed E-state index contributed by atoms with van der Waals surface area (Å²) in [5.74, 6) is 1.71. The van der Waals surface area contributed by atoms with Crippen molar-refractivity contribution in [1.82, 2.24) is 29.9 Å². The minimum atomic E-state index is -0.664. The summed E-state index contributed by atoms with van der Waals surface area (Å²) in [4.78, 5) is 19.5. The summed E-state index contributed by atoms with van der Waals surface area (Å²) in [7, 11) is 0. The molecule has 3 heterocycles. The van der Waals surface area contributed by atoms with Crippen LogP contribution in [0.15, 0.2) is 22.9 Å². The second kappa shape index (κ2) is 7.76. The number of anilines is 1. The molecule has 1 aliphatic heterocycles. The number of carbonyl (C=O) groups excluding carboxylic acids is 1. The van der Waals surface area contributed by atoms with Crippen molar-refractivity contribution >= 4 is 23.3 Å². The minimum absolute atomic E-state index is 0.0258. The molecule has 1 aromatic carbocycles. The van der Waals surface area contributed by atoms with Crippen LogP contribution in [-0.2, 0) is 12.1 Å². The van der Waals surface area contributed by atoms with Crippen molar-refractivity contribution in [1.29, 1.82) is 0 Å². The molecule has 0 radical (unpaired) electrons. The molecular formula is C23H25ClFN7O2. The van der Waals surface area contributed by atoms with Gasteiger partial charge in [0.2, 0.25) is 11.8 Å². The van der Waals surface area contributed by atoms with Crippen molar-refractivity contribution in [2.45, 2.75) is 64.1 Å². The largest absolute Gasteiger partial charge is 0.423 e. The van der Waals surface area contributed by atoms with Crippen LogP contribution in [-0.4, -0.2) is 41.9 Å². The highest BCUT2D eigenvalue weighted by atomic mass is 35.5. The Hall–Kier alpha value is -3.01. The van der Waals surface area contributed by atoms with Crippen LogP contribution in [0.25, 0.3) is 11.4 Å². The van der Waals surface area contributed by atoms with Gasteiger partial charge in [0, 0.05) is 31.5 Å². The van der Waals surface area contributed by atoms with Crippen molar-refractivity contribution in [2.24, 2.45) is 11.8 Å². The van der Waals surface area contributed by atoms with Gasteiger partial charge in [0.05, 0.1) is 10.7 Å². The summed E-state index contributed by atoms with van der Waals surface area (Å²) in [5, 5.41) is 15.6. The van der Waals surface area contributed by atoms with Gasteiger partial charge in [-0.1, -0.05) is 18.5 Å². The molecule has 3 aromatic rings. The number of benzene rings is 1. The number of piperidine rings is 1. The maximum absolute atomic E-state index is 14.8. The number of urea groups is 1. The Morgan fingerprint density at radius 1 is 1.32 bits per heavy atom. The van der Waals surface area contributed by atoms with E-state index in [1.807, 2.05) is 0 Å². The van der Waals surface area contributed by atoms with Crippen LogP contribution in [0.1, 0.15) is 50.8 Å². The molecule has 2 aliphatic carbocycles. The number of aryl methyl sites for hydroxylation is 1. The second-order valence-electron chi connectivity index (χ2n) is 9.91. The molecule has 1 N–H and O–H groups in total. The molecule has 2 bridgehead atoms. The molecule has 0 unspecified atom stereocenters. The van der Waals surface area contributed by atoms with E-state index in [-0.39, 0.29) is 16.8 Å². The smallest absolute Gasteiger partial charge is 0.323 e. The van der Waals surface area contributed by atoms with Crippen LogP contribution >= 0.6 is 11.6 Å². The van der Waals surface area contributed by atoms with Crippen LogP contribution in [0.4, 0.5) is 14.9 Å². The Balaban J connectivity index is 1.27. The van der Waals surface area contributed by atoms with Gasteiger partial charge in [0.25, 0.3) is 0 Å². The molecule has 2 amide bonds. The van der Waals surface area contributed by atoms with Crippen molar-refractivity contribution in [3.8, 4) is 11.4 Å². The van der Waals surface area contributed by atoms with Crippen molar-refractivity contribution in [3.05, 3.63) is 41.1 Å². The summed E-state index contributed by atoms with van der Waals surface area (Å²) in [5.41, 5.74) is -0.173. The van der Waals surface area contributed by atoms with E-state index in [0.29, 0.717) is 35.0 Å². The fourth-order valence-corrected chi connectivity index (χ4v) is 5.73. The van der Waals surface area contributed by atoms with E-state index in [4.69, 9.17) is 16.0 Å². The number of nitrogens with zero attached hydrogens (tertiary/aromatic N) is 6. The molecule has 34 heavy (non-hydrogen) atoms. The summed E-state index contributed by atoms with van der Waals surface area (Å²) in [6, 6.07) is 2.31. The van der Waals surface area contributed by atoms with Crippen LogP contribution < -0.4 is 5.32 Å². The fourth-order valence-electron chi connectivity index (χ4n) is 5.50. The van der Waals surface area contributed by atoms with Gasteiger partial charge in [-0.05, 0) is 49.7 Å². The zero-order chi connectivity index (χ0) is 23.6. The normalized spacial score (nSPS) is 25.8.